The van der Waals surface area contributed by atoms with Gasteiger partial charge in [-0.2, -0.15) is 0 Å². The maximum atomic E-state index is 10.1. The molecule has 0 aromatic rings. The summed E-state index contributed by atoms with van der Waals surface area (Å²) in [4.78, 5) is 0. The Hall–Kier alpha value is -0.240. The lowest BCUT2D eigenvalue weighted by Gasteiger charge is -2.26. The number of rotatable bonds is 4. The number of hydrogen-bond donors (Lipinski definition) is 2. The van der Waals surface area contributed by atoms with Gasteiger partial charge in [0, 0.05) is 0 Å². The molecule has 2 heterocycles. The second-order valence-electron chi connectivity index (χ2n) is 5.51. The van der Waals surface area contributed by atoms with Gasteiger partial charge in [0.2, 0.25) is 0 Å². The lowest BCUT2D eigenvalue weighted by atomic mass is 10.1. The fourth-order valence-electron chi connectivity index (χ4n) is 2.22. The van der Waals surface area contributed by atoms with E-state index in [1.165, 1.54) is 0 Å². The molecule has 18 heavy (non-hydrogen) atoms. The summed E-state index contributed by atoms with van der Waals surface area (Å²) in [6.07, 6.45) is -3.72. The molecule has 106 valence electrons. The molecule has 2 fully saturated rings. The molecule has 2 aliphatic rings. The molecule has 0 spiro atoms. The van der Waals surface area contributed by atoms with E-state index >= 15 is 0 Å². The summed E-state index contributed by atoms with van der Waals surface area (Å²) in [5, 5.41) is 20.0. The molecule has 5 atom stereocenters. The largest absolute Gasteiger partial charge is 0.388 e. The Morgan fingerprint density at radius 2 is 1.94 bits per heavy atom. The minimum Gasteiger partial charge on any atom is -0.388 e. The van der Waals surface area contributed by atoms with Crippen LogP contribution >= 0.6 is 0 Å². The van der Waals surface area contributed by atoms with Crippen LogP contribution in [-0.2, 0) is 18.9 Å². The van der Waals surface area contributed by atoms with Crippen molar-refractivity contribution in [2.24, 2.45) is 0 Å². The standard InChI is InChI=1S/C12H22O6/c1-6(2)15-5-7(13)9-8(14)10-11(16-9)18-12(3,4)17-10/h6-11,13-14H,5H2,1-4H3/t7-,8-,9+,10+,11+/m0/s1. The highest BCUT2D eigenvalue weighted by Crippen LogP contribution is 2.38. The Bertz CT molecular complexity index is 292. The first-order valence-electron chi connectivity index (χ1n) is 6.29. The molecule has 0 radical (unpaired) electrons. The van der Waals surface area contributed by atoms with E-state index in [0.29, 0.717) is 0 Å². The van der Waals surface area contributed by atoms with Crippen LogP contribution in [0.4, 0.5) is 0 Å². The molecule has 0 aliphatic carbocycles. The van der Waals surface area contributed by atoms with Crippen LogP contribution in [0.2, 0.25) is 0 Å². The Labute approximate surface area is 107 Å². The first-order valence-corrected chi connectivity index (χ1v) is 6.29. The third kappa shape index (κ3) is 2.84. The molecule has 0 saturated carbocycles. The van der Waals surface area contributed by atoms with E-state index in [4.69, 9.17) is 18.9 Å². The first-order chi connectivity index (χ1) is 8.30. The van der Waals surface area contributed by atoms with Gasteiger partial charge in [-0.25, -0.2) is 0 Å². The summed E-state index contributed by atoms with van der Waals surface area (Å²) < 4.78 is 21.8. The molecule has 2 rings (SSSR count). The van der Waals surface area contributed by atoms with Gasteiger partial charge in [0.05, 0.1) is 12.7 Å². The van der Waals surface area contributed by atoms with E-state index in [9.17, 15) is 10.2 Å². The van der Waals surface area contributed by atoms with Crippen molar-refractivity contribution in [2.45, 2.75) is 70.3 Å². The summed E-state index contributed by atoms with van der Waals surface area (Å²) in [5.41, 5.74) is 0. The third-order valence-corrected chi connectivity index (χ3v) is 3.03. The van der Waals surface area contributed by atoms with Crippen molar-refractivity contribution in [3.05, 3.63) is 0 Å². The third-order valence-electron chi connectivity index (χ3n) is 3.03. The summed E-state index contributed by atoms with van der Waals surface area (Å²) in [7, 11) is 0. The van der Waals surface area contributed by atoms with Crippen molar-refractivity contribution in [3.8, 4) is 0 Å². The molecule has 0 unspecified atom stereocenters. The lowest BCUT2D eigenvalue weighted by molar-refractivity contribution is -0.228. The van der Waals surface area contributed by atoms with E-state index < -0.39 is 36.5 Å². The SMILES string of the molecule is CC(C)OC[C@H](O)[C@H]1O[C@@H]2OC(C)(C)O[C@@H]2[C@H]1O. The second-order valence-corrected chi connectivity index (χ2v) is 5.51. The monoisotopic (exact) mass is 262 g/mol. The Balaban J connectivity index is 1.91. The summed E-state index contributed by atoms with van der Waals surface area (Å²) >= 11 is 0. The predicted molar refractivity (Wildman–Crippen MR) is 61.8 cm³/mol. The van der Waals surface area contributed by atoms with Gasteiger partial charge < -0.3 is 29.2 Å². The van der Waals surface area contributed by atoms with Gasteiger partial charge in [0.1, 0.15) is 24.4 Å². The lowest BCUT2D eigenvalue weighted by Crippen LogP contribution is -2.43. The molecular weight excluding hydrogens is 240 g/mol. The average molecular weight is 262 g/mol. The normalized spacial score (nSPS) is 40.2. The summed E-state index contributed by atoms with van der Waals surface area (Å²) in [6, 6.07) is 0. The van der Waals surface area contributed by atoms with Gasteiger partial charge in [0.25, 0.3) is 0 Å². The van der Waals surface area contributed by atoms with E-state index in [0.717, 1.165) is 0 Å². The van der Waals surface area contributed by atoms with Crippen molar-refractivity contribution in [1.29, 1.82) is 0 Å². The van der Waals surface area contributed by atoms with Crippen LogP contribution in [0.3, 0.4) is 0 Å². The van der Waals surface area contributed by atoms with Crippen molar-refractivity contribution < 1.29 is 29.2 Å². The predicted octanol–water partition coefficient (Wildman–Crippen LogP) is 0.00960. The van der Waals surface area contributed by atoms with Gasteiger partial charge in [-0.3, -0.25) is 0 Å². The molecule has 2 saturated heterocycles. The maximum Gasteiger partial charge on any atom is 0.190 e. The van der Waals surface area contributed by atoms with Crippen LogP contribution in [0.25, 0.3) is 0 Å². The van der Waals surface area contributed by atoms with Gasteiger partial charge in [-0.05, 0) is 27.7 Å². The molecule has 2 N–H and O–H groups in total. The van der Waals surface area contributed by atoms with Crippen LogP contribution in [-0.4, -0.2) is 59.4 Å². The van der Waals surface area contributed by atoms with Crippen LogP contribution in [0.1, 0.15) is 27.7 Å². The Morgan fingerprint density at radius 3 is 2.50 bits per heavy atom. The number of fused-ring (bicyclic) bond motifs is 1. The topological polar surface area (TPSA) is 77.4 Å². The molecule has 0 amide bonds. The molecule has 6 nitrogen and oxygen atoms in total. The molecular formula is C12H22O6. The van der Waals surface area contributed by atoms with Crippen molar-refractivity contribution in [3.63, 3.8) is 0 Å². The van der Waals surface area contributed by atoms with E-state index in [1.807, 2.05) is 13.8 Å². The number of hydrogen-bond acceptors (Lipinski definition) is 6. The molecule has 2 aliphatic heterocycles. The van der Waals surface area contributed by atoms with Crippen LogP contribution < -0.4 is 0 Å². The average Bonchev–Trinajstić information content (AvgIpc) is 2.70. The minimum atomic E-state index is -0.914. The van der Waals surface area contributed by atoms with Crippen LogP contribution in [0, 0.1) is 0 Å². The Kier molecular flexibility index (Phi) is 3.96. The zero-order valence-electron chi connectivity index (χ0n) is 11.2. The van der Waals surface area contributed by atoms with Gasteiger partial charge in [-0.15, -0.1) is 0 Å². The fourth-order valence-corrected chi connectivity index (χ4v) is 2.22. The number of aliphatic hydroxyl groups excluding tert-OH is 2. The quantitative estimate of drug-likeness (QED) is 0.743. The molecule has 0 aromatic heterocycles. The molecule has 0 aromatic carbocycles. The Morgan fingerprint density at radius 1 is 1.28 bits per heavy atom. The minimum absolute atomic E-state index is 0.0177. The van der Waals surface area contributed by atoms with E-state index in [1.54, 1.807) is 13.8 Å². The molecule has 0 bridgehead atoms. The van der Waals surface area contributed by atoms with Crippen molar-refractivity contribution >= 4 is 0 Å². The number of ether oxygens (including phenoxy) is 4. The van der Waals surface area contributed by atoms with Crippen LogP contribution in [0.5, 0.6) is 0 Å². The highest BCUT2D eigenvalue weighted by atomic mass is 16.8. The zero-order valence-corrected chi connectivity index (χ0v) is 11.2. The van der Waals surface area contributed by atoms with E-state index in [2.05, 4.69) is 0 Å². The van der Waals surface area contributed by atoms with Crippen molar-refractivity contribution in [1.82, 2.24) is 0 Å². The molecule has 6 heteroatoms. The van der Waals surface area contributed by atoms with Gasteiger partial charge in [0.15, 0.2) is 12.1 Å². The highest BCUT2D eigenvalue weighted by molar-refractivity contribution is 4.95. The smallest absolute Gasteiger partial charge is 0.190 e. The zero-order chi connectivity index (χ0) is 13.5. The van der Waals surface area contributed by atoms with Crippen LogP contribution in [0.15, 0.2) is 0 Å². The van der Waals surface area contributed by atoms with Gasteiger partial charge in [-0.1, -0.05) is 0 Å². The second kappa shape index (κ2) is 5.03. The first kappa shape index (κ1) is 14.2. The number of aliphatic hydroxyl groups is 2. The van der Waals surface area contributed by atoms with Crippen molar-refractivity contribution in [2.75, 3.05) is 6.61 Å². The fraction of sp³-hybridized carbons (Fsp3) is 1.00. The highest BCUT2D eigenvalue weighted by Gasteiger charge is 2.55. The van der Waals surface area contributed by atoms with Gasteiger partial charge >= 0.3 is 0 Å². The maximum absolute atomic E-state index is 10.1. The summed E-state index contributed by atoms with van der Waals surface area (Å²) in [5.74, 6) is -0.763. The summed E-state index contributed by atoms with van der Waals surface area (Å²) in [6.45, 7) is 7.38. The van der Waals surface area contributed by atoms with E-state index in [-0.39, 0.29) is 12.7 Å².